The minimum absolute atomic E-state index is 0.0986. The maximum atomic E-state index is 13.9. The first kappa shape index (κ1) is 15.3. The van der Waals surface area contributed by atoms with Gasteiger partial charge in [-0.3, -0.25) is 5.84 Å². The molecule has 0 aliphatic carbocycles. The molecule has 0 saturated heterocycles. The third-order valence-corrected chi connectivity index (χ3v) is 3.24. The number of nitrogens with two attached hydrogens (primary N) is 1. The van der Waals surface area contributed by atoms with Crippen molar-refractivity contribution in [2.24, 2.45) is 5.84 Å². The van der Waals surface area contributed by atoms with Crippen LogP contribution in [0.3, 0.4) is 0 Å². The van der Waals surface area contributed by atoms with Gasteiger partial charge in [0.15, 0.2) is 17.5 Å². The standard InChI is InChI=1S/C15H15F3N2O/c1-8-3-4-9(12(7-8)21-2)15(20-19)10-5-6-11(16)14(18)13(10)17/h3-7,15,20H,19H2,1-2H3. The van der Waals surface area contributed by atoms with Gasteiger partial charge >= 0.3 is 0 Å². The maximum absolute atomic E-state index is 13.9. The quantitative estimate of drug-likeness (QED) is 0.518. The van der Waals surface area contributed by atoms with Crippen LogP contribution in [0.2, 0.25) is 0 Å². The lowest BCUT2D eigenvalue weighted by molar-refractivity contribution is 0.400. The maximum Gasteiger partial charge on any atom is 0.194 e. The van der Waals surface area contributed by atoms with E-state index in [2.05, 4.69) is 5.43 Å². The molecule has 2 rings (SSSR count). The van der Waals surface area contributed by atoms with Gasteiger partial charge < -0.3 is 4.74 Å². The number of methoxy groups -OCH3 is 1. The van der Waals surface area contributed by atoms with Crippen LogP contribution in [0.4, 0.5) is 13.2 Å². The van der Waals surface area contributed by atoms with E-state index in [1.165, 1.54) is 7.11 Å². The monoisotopic (exact) mass is 296 g/mol. The SMILES string of the molecule is COc1cc(C)ccc1C(NN)c1ccc(F)c(F)c1F. The molecule has 6 heteroatoms. The fourth-order valence-electron chi connectivity index (χ4n) is 2.17. The molecule has 0 fully saturated rings. The normalized spacial score (nSPS) is 12.3. The Morgan fingerprint density at radius 1 is 1.05 bits per heavy atom. The van der Waals surface area contributed by atoms with E-state index in [1.807, 2.05) is 6.92 Å². The highest BCUT2D eigenvalue weighted by molar-refractivity contribution is 5.44. The zero-order valence-corrected chi connectivity index (χ0v) is 11.6. The third kappa shape index (κ3) is 2.86. The Kier molecular flexibility index (Phi) is 4.50. The highest BCUT2D eigenvalue weighted by Crippen LogP contribution is 2.32. The predicted molar refractivity (Wildman–Crippen MR) is 73.2 cm³/mol. The Bertz CT molecular complexity index is 662. The number of rotatable bonds is 4. The molecule has 1 atom stereocenters. The van der Waals surface area contributed by atoms with Gasteiger partial charge in [-0.1, -0.05) is 18.2 Å². The number of hydrazine groups is 1. The van der Waals surface area contributed by atoms with Gasteiger partial charge in [0.1, 0.15) is 5.75 Å². The van der Waals surface area contributed by atoms with Gasteiger partial charge in [-0.25, -0.2) is 18.6 Å². The molecule has 0 amide bonds. The molecule has 2 aromatic carbocycles. The summed E-state index contributed by atoms with van der Waals surface area (Å²) in [5.74, 6) is 1.89. The lowest BCUT2D eigenvalue weighted by atomic mass is 9.96. The molecule has 3 N–H and O–H groups in total. The molecule has 0 spiro atoms. The molecule has 3 nitrogen and oxygen atoms in total. The minimum atomic E-state index is -1.53. The molecule has 0 aliphatic heterocycles. The van der Waals surface area contributed by atoms with Crippen molar-refractivity contribution in [3.63, 3.8) is 0 Å². The number of halogens is 3. The van der Waals surface area contributed by atoms with Crippen LogP contribution in [-0.2, 0) is 0 Å². The third-order valence-electron chi connectivity index (χ3n) is 3.24. The summed E-state index contributed by atoms with van der Waals surface area (Å²) in [6, 6.07) is 6.38. The Morgan fingerprint density at radius 2 is 1.71 bits per heavy atom. The number of benzene rings is 2. The summed E-state index contributed by atoms with van der Waals surface area (Å²) in [7, 11) is 1.47. The summed E-state index contributed by atoms with van der Waals surface area (Å²) in [5, 5.41) is 0. The highest BCUT2D eigenvalue weighted by Gasteiger charge is 2.23. The van der Waals surface area contributed by atoms with E-state index in [1.54, 1.807) is 18.2 Å². The smallest absolute Gasteiger partial charge is 0.194 e. The van der Waals surface area contributed by atoms with Gasteiger partial charge in [0, 0.05) is 11.1 Å². The molecular weight excluding hydrogens is 281 g/mol. The Morgan fingerprint density at radius 3 is 2.33 bits per heavy atom. The van der Waals surface area contributed by atoms with Gasteiger partial charge in [-0.2, -0.15) is 0 Å². The van der Waals surface area contributed by atoms with Crippen molar-refractivity contribution < 1.29 is 17.9 Å². The molecule has 0 bridgehead atoms. The van der Waals surface area contributed by atoms with Crippen LogP contribution in [0.5, 0.6) is 5.75 Å². The van der Waals surface area contributed by atoms with E-state index < -0.39 is 23.5 Å². The first-order chi connectivity index (χ1) is 9.99. The van der Waals surface area contributed by atoms with Crippen molar-refractivity contribution in [3.8, 4) is 5.75 Å². The summed E-state index contributed by atoms with van der Waals surface area (Å²) in [6.45, 7) is 1.87. The fourth-order valence-corrected chi connectivity index (χ4v) is 2.17. The second kappa shape index (κ2) is 6.15. The fraction of sp³-hybridized carbons (Fsp3) is 0.200. The summed E-state index contributed by atoms with van der Waals surface area (Å²) in [5.41, 5.74) is 3.77. The first-order valence-corrected chi connectivity index (χ1v) is 6.23. The number of aryl methyl sites for hydroxylation is 1. The van der Waals surface area contributed by atoms with E-state index in [0.717, 1.165) is 17.7 Å². The van der Waals surface area contributed by atoms with E-state index >= 15 is 0 Å². The number of hydrogen-bond acceptors (Lipinski definition) is 3. The number of hydrogen-bond donors (Lipinski definition) is 2. The predicted octanol–water partition coefficient (Wildman–Crippen LogP) is 2.97. The van der Waals surface area contributed by atoms with Gasteiger partial charge in [0.05, 0.1) is 13.2 Å². The topological polar surface area (TPSA) is 47.3 Å². The van der Waals surface area contributed by atoms with E-state index in [-0.39, 0.29) is 5.56 Å². The Hall–Kier alpha value is -2.05. The largest absolute Gasteiger partial charge is 0.496 e. The van der Waals surface area contributed by atoms with Crippen molar-refractivity contribution in [1.29, 1.82) is 0 Å². The average molecular weight is 296 g/mol. The van der Waals surface area contributed by atoms with Crippen LogP contribution >= 0.6 is 0 Å². The summed E-state index contributed by atoms with van der Waals surface area (Å²) in [6.07, 6.45) is 0. The van der Waals surface area contributed by atoms with E-state index in [4.69, 9.17) is 10.6 Å². The zero-order valence-electron chi connectivity index (χ0n) is 11.6. The summed E-state index contributed by atoms with van der Waals surface area (Å²) in [4.78, 5) is 0. The lowest BCUT2D eigenvalue weighted by Crippen LogP contribution is -2.30. The molecule has 112 valence electrons. The molecule has 21 heavy (non-hydrogen) atoms. The van der Waals surface area contributed by atoms with Crippen molar-refractivity contribution in [3.05, 3.63) is 64.5 Å². The molecule has 0 aromatic heterocycles. The molecule has 0 saturated carbocycles. The van der Waals surface area contributed by atoms with Crippen LogP contribution in [0.15, 0.2) is 30.3 Å². The van der Waals surface area contributed by atoms with Gasteiger partial charge in [0.2, 0.25) is 0 Å². The van der Waals surface area contributed by atoms with Crippen molar-refractivity contribution in [2.75, 3.05) is 7.11 Å². The van der Waals surface area contributed by atoms with Crippen LogP contribution < -0.4 is 16.0 Å². The minimum Gasteiger partial charge on any atom is -0.496 e. The second-order valence-electron chi connectivity index (χ2n) is 4.61. The number of nitrogens with one attached hydrogen (secondary N) is 1. The first-order valence-electron chi connectivity index (χ1n) is 6.23. The molecule has 1 unspecified atom stereocenters. The highest BCUT2D eigenvalue weighted by atomic mass is 19.2. The zero-order chi connectivity index (χ0) is 15.6. The molecule has 2 aromatic rings. The van der Waals surface area contributed by atoms with E-state index in [0.29, 0.717) is 11.3 Å². The lowest BCUT2D eigenvalue weighted by Gasteiger charge is -2.20. The van der Waals surface area contributed by atoms with Crippen LogP contribution in [0.25, 0.3) is 0 Å². The summed E-state index contributed by atoms with van der Waals surface area (Å²) >= 11 is 0. The Balaban J connectivity index is 2.57. The van der Waals surface area contributed by atoms with Crippen LogP contribution in [-0.4, -0.2) is 7.11 Å². The number of ether oxygens (including phenoxy) is 1. The summed E-state index contributed by atoms with van der Waals surface area (Å²) < 4.78 is 45.6. The van der Waals surface area contributed by atoms with Crippen molar-refractivity contribution in [1.82, 2.24) is 5.43 Å². The molecular formula is C15H15F3N2O. The van der Waals surface area contributed by atoms with Crippen LogP contribution in [0, 0.1) is 24.4 Å². The van der Waals surface area contributed by atoms with Crippen molar-refractivity contribution >= 4 is 0 Å². The van der Waals surface area contributed by atoms with Crippen LogP contribution in [0.1, 0.15) is 22.7 Å². The molecule has 0 aliphatic rings. The Labute approximate surface area is 120 Å². The van der Waals surface area contributed by atoms with E-state index in [9.17, 15) is 13.2 Å². The van der Waals surface area contributed by atoms with Gasteiger partial charge in [0.25, 0.3) is 0 Å². The molecule has 0 heterocycles. The van der Waals surface area contributed by atoms with Gasteiger partial charge in [-0.05, 0) is 24.6 Å². The average Bonchev–Trinajstić information content (AvgIpc) is 2.48. The molecule has 0 radical (unpaired) electrons. The van der Waals surface area contributed by atoms with Crippen molar-refractivity contribution in [2.45, 2.75) is 13.0 Å². The second-order valence-corrected chi connectivity index (χ2v) is 4.61. The van der Waals surface area contributed by atoms with Gasteiger partial charge in [-0.15, -0.1) is 0 Å².